The monoisotopic (exact) mass is 520 g/mol. The highest BCUT2D eigenvalue weighted by molar-refractivity contribution is 7.92. The Kier molecular flexibility index (Phi) is 8.47. The van der Waals surface area contributed by atoms with Crippen LogP contribution in [0.4, 0.5) is 5.69 Å². The van der Waals surface area contributed by atoms with E-state index in [0.29, 0.717) is 5.75 Å². The molecule has 1 amide bonds. The van der Waals surface area contributed by atoms with Crippen molar-refractivity contribution < 1.29 is 17.9 Å². The molecule has 3 aromatic carbocycles. The highest BCUT2D eigenvalue weighted by Crippen LogP contribution is 2.29. The van der Waals surface area contributed by atoms with E-state index in [4.69, 9.17) is 27.9 Å². The number of nitrogens with one attached hydrogen (secondary N) is 1. The summed E-state index contributed by atoms with van der Waals surface area (Å²) in [6.45, 7) is 5.87. The molecule has 0 fully saturated rings. The molecule has 0 saturated heterocycles. The van der Waals surface area contributed by atoms with Gasteiger partial charge < -0.3 is 10.1 Å². The van der Waals surface area contributed by atoms with Crippen LogP contribution in [0.15, 0.2) is 65.6 Å². The maximum absolute atomic E-state index is 13.4. The molecule has 0 heterocycles. The van der Waals surface area contributed by atoms with Gasteiger partial charge in [-0.15, -0.1) is 0 Å². The van der Waals surface area contributed by atoms with Crippen molar-refractivity contribution >= 4 is 44.8 Å². The summed E-state index contributed by atoms with van der Waals surface area (Å²) >= 11 is 12.2. The topological polar surface area (TPSA) is 75.7 Å². The van der Waals surface area contributed by atoms with Gasteiger partial charge in [0.1, 0.15) is 18.9 Å². The molecule has 3 aromatic rings. The van der Waals surface area contributed by atoms with Gasteiger partial charge in [-0.25, -0.2) is 8.42 Å². The molecule has 0 saturated carbocycles. The van der Waals surface area contributed by atoms with Crippen LogP contribution in [0.3, 0.4) is 0 Å². The number of rotatable bonds is 9. The summed E-state index contributed by atoms with van der Waals surface area (Å²) in [6.07, 6.45) is 0. The number of hydrogen-bond acceptors (Lipinski definition) is 4. The number of hydrogen-bond donors (Lipinski definition) is 1. The Morgan fingerprint density at radius 1 is 0.912 bits per heavy atom. The molecule has 0 aliphatic heterocycles. The van der Waals surface area contributed by atoms with Crippen molar-refractivity contribution in [2.45, 2.75) is 25.7 Å². The number of sulfonamides is 1. The van der Waals surface area contributed by atoms with E-state index in [2.05, 4.69) is 5.32 Å². The van der Waals surface area contributed by atoms with Gasteiger partial charge in [-0.2, -0.15) is 0 Å². The number of carbonyl (C=O) groups is 1. The van der Waals surface area contributed by atoms with E-state index in [1.54, 1.807) is 12.1 Å². The largest absolute Gasteiger partial charge is 0.492 e. The zero-order valence-electron chi connectivity index (χ0n) is 19.1. The summed E-state index contributed by atoms with van der Waals surface area (Å²) in [7, 11) is -4.06. The van der Waals surface area contributed by atoms with Crippen molar-refractivity contribution in [3.05, 3.63) is 87.4 Å². The minimum absolute atomic E-state index is 0.0556. The summed E-state index contributed by atoms with van der Waals surface area (Å²) in [6, 6.07) is 16.5. The maximum atomic E-state index is 13.4. The first-order chi connectivity index (χ1) is 16.1. The number of aryl methyl sites for hydroxylation is 3. The lowest BCUT2D eigenvalue weighted by molar-refractivity contribution is -0.119. The van der Waals surface area contributed by atoms with Crippen LogP contribution in [-0.4, -0.2) is 34.0 Å². The van der Waals surface area contributed by atoms with Gasteiger partial charge >= 0.3 is 0 Å². The number of anilines is 1. The molecule has 3 rings (SSSR count). The smallest absolute Gasteiger partial charge is 0.264 e. The van der Waals surface area contributed by atoms with E-state index in [9.17, 15) is 13.2 Å². The number of ether oxygens (including phenoxy) is 1. The zero-order valence-corrected chi connectivity index (χ0v) is 21.5. The molecule has 0 radical (unpaired) electrons. The SMILES string of the molecule is Cc1ccc(S(=O)(=O)N(CC(=O)NCCOc2ccc(C)c(C)c2)c2cc(Cl)cc(Cl)c2)cc1. The van der Waals surface area contributed by atoms with E-state index in [1.165, 1.54) is 30.3 Å². The number of benzene rings is 3. The van der Waals surface area contributed by atoms with Crippen LogP contribution in [0.5, 0.6) is 5.75 Å². The molecule has 9 heteroatoms. The van der Waals surface area contributed by atoms with E-state index in [1.807, 2.05) is 39.0 Å². The first kappa shape index (κ1) is 25.9. The van der Waals surface area contributed by atoms with Gasteiger partial charge in [-0.3, -0.25) is 9.10 Å². The normalized spacial score (nSPS) is 11.2. The fourth-order valence-corrected chi connectivity index (χ4v) is 5.10. The lowest BCUT2D eigenvalue weighted by Crippen LogP contribution is -2.42. The molecule has 0 aliphatic rings. The Bertz CT molecular complexity index is 1260. The van der Waals surface area contributed by atoms with Crippen LogP contribution in [0, 0.1) is 20.8 Å². The lowest BCUT2D eigenvalue weighted by atomic mass is 10.1. The number of carbonyl (C=O) groups excluding carboxylic acids is 1. The average molecular weight is 521 g/mol. The Hall–Kier alpha value is -2.74. The van der Waals surface area contributed by atoms with Gasteiger partial charge in [0.15, 0.2) is 0 Å². The second kappa shape index (κ2) is 11.1. The van der Waals surface area contributed by atoms with Crippen molar-refractivity contribution in [2.24, 2.45) is 0 Å². The van der Waals surface area contributed by atoms with Crippen molar-refractivity contribution in [1.29, 1.82) is 0 Å². The zero-order chi connectivity index (χ0) is 24.9. The first-order valence-electron chi connectivity index (χ1n) is 10.6. The van der Waals surface area contributed by atoms with Crippen molar-refractivity contribution in [2.75, 3.05) is 24.0 Å². The number of halogens is 2. The Morgan fingerprint density at radius 2 is 1.56 bits per heavy atom. The first-order valence-corrected chi connectivity index (χ1v) is 12.8. The lowest BCUT2D eigenvalue weighted by Gasteiger charge is -2.24. The van der Waals surface area contributed by atoms with Crippen LogP contribution in [0.25, 0.3) is 0 Å². The van der Waals surface area contributed by atoms with Crippen LogP contribution >= 0.6 is 23.2 Å². The van der Waals surface area contributed by atoms with Gasteiger partial charge in [0, 0.05) is 10.0 Å². The fourth-order valence-electron chi connectivity index (χ4n) is 3.19. The molecule has 180 valence electrons. The minimum atomic E-state index is -4.06. The summed E-state index contributed by atoms with van der Waals surface area (Å²) in [5, 5.41) is 3.22. The van der Waals surface area contributed by atoms with E-state index in [-0.39, 0.29) is 33.8 Å². The standard InChI is InChI=1S/C25H26Cl2N2O4S/c1-17-4-8-24(9-5-17)34(31,32)29(22-14-20(26)13-21(27)15-22)16-25(30)28-10-11-33-23-7-6-18(2)19(3)12-23/h4-9,12-15H,10-11,16H2,1-3H3,(H,28,30). The van der Waals surface area contributed by atoms with Crippen LogP contribution in [0.2, 0.25) is 10.0 Å². The Balaban J connectivity index is 1.73. The number of nitrogens with zero attached hydrogens (tertiary/aromatic N) is 1. The third kappa shape index (κ3) is 6.65. The van der Waals surface area contributed by atoms with Crippen LogP contribution < -0.4 is 14.4 Å². The summed E-state index contributed by atoms with van der Waals surface area (Å²) in [4.78, 5) is 12.8. The molecule has 1 N–H and O–H groups in total. The molecule has 0 aromatic heterocycles. The molecule has 6 nitrogen and oxygen atoms in total. The third-order valence-electron chi connectivity index (χ3n) is 5.20. The van der Waals surface area contributed by atoms with Crippen LogP contribution in [0.1, 0.15) is 16.7 Å². The van der Waals surface area contributed by atoms with Crippen molar-refractivity contribution in [1.82, 2.24) is 5.32 Å². The van der Waals surface area contributed by atoms with E-state index in [0.717, 1.165) is 21.0 Å². The predicted octanol–water partition coefficient (Wildman–Crippen LogP) is 5.31. The average Bonchev–Trinajstić information content (AvgIpc) is 2.77. The molecule has 0 aliphatic carbocycles. The van der Waals surface area contributed by atoms with E-state index < -0.39 is 22.5 Å². The predicted molar refractivity (Wildman–Crippen MR) is 137 cm³/mol. The van der Waals surface area contributed by atoms with E-state index >= 15 is 0 Å². The molecule has 0 bridgehead atoms. The van der Waals surface area contributed by atoms with Crippen molar-refractivity contribution in [3.8, 4) is 5.75 Å². The maximum Gasteiger partial charge on any atom is 0.264 e. The molecular weight excluding hydrogens is 495 g/mol. The molecule has 34 heavy (non-hydrogen) atoms. The highest BCUT2D eigenvalue weighted by Gasteiger charge is 2.27. The fraction of sp³-hybridized carbons (Fsp3) is 0.240. The van der Waals surface area contributed by atoms with Gasteiger partial charge in [-0.1, -0.05) is 47.0 Å². The molecule has 0 atom stereocenters. The Morgan fingerprint density at radius 3 is 2.18 bits per heavy atom. The summed E-state index contributed by atoms with van der Waals surface area (Å²) in [5.41, 5.74) is 3.38. The minimum Gasteiger partial charge on any atom is -0.492 e. The van der Waals surface area contributed by atoms with Gasteiger partial charge in [-0.05, 0) is 74.4 Å². The molecular formula is C25H26Cl2N2O4S. The summed E-state index contributed by atoms with van der Waals surface area (Å²) in [5.74, 6) is 0.213. The van der Waals surface area contributed by atoms with Crippen molar-refractivity contribution in [3.63, 3.8) is 0 Å². The summed E-state index contributed by atoms with van der Waals surface area (Å²) < 4.78 is 33.5. The second-order valence-corrected chi connectivity index (χ2v) is 10.6. The Labute approximate surface area is 210 Å². The van der Waals surface area contributed by atoms with Crippen LogP contribution in [-0.2, 0) is 14.8 Å². The quantitative estimate of drug-likeness (QED) is 0.388. The molecule has 0 unspecified atom stereocenters. The second-order valence-electron chi connectivity index (χ2n) is 7.90. The third-order valence-corrected chi connectivity index (χ3v) is 7.43. The van der Waals surface area contributed by atoms with Gasteiger partial charge in [0.05, 0.1) is 17.1 Å². The molecule has 0 spiro atoms. The van der Waals surface area contributed by atoms with Gasteiger partial charge in [0.25, 0.3) is 10.0 Å². The number of amides is 1. The van der Waals surface area contributed by atoms with Gasteiger partial charge in [0.2, 0.25) is 5.91 Å². The highest BCUT2D eigenvalue weighted by atomic mass is 35.5.